The maximum atomic E-state index is 13.0. The fourth-order valence-corrected chi connectivity index (χ4v) is 2.96. The zero-order chi connectivity index (χ0) is 19.0. The largest absolute Gasteiger partial charge is 0.497 e. The number of hydrogen-bond donors (Lipinski definition) is 0. The van der Waals surface area contributed by atoms with Gasteiger partial charge in [-0.2, -0.15) is 4.39 Å². The van der Waals surface area contributed by atoms with Gasteiger partial charge in [-0.15, -0.1) is 0 Å². The number of pyridine rings is 1. The van der Waals surface area contributed by atoms with Crippen molar-refractivity contribution in [3.63, 3.8) is 0 Å². The van der Waals surface area contributed by atoms with Crippen molar-refractivity contribution in [3.8, 4) is 23.0 Å². The summed E-state index contributed by atoms with van der Waals surface area (Å²) in [6.45, 7) is 0.673. The molecule has 8 heteroatoms. The second-order valence-electron chi connectivity index (χ2n) is 6.00. The Labute approximate surface area is 154 Å². The van der Waals surface area contributed by atoms with Crippen LogP contribution in [-0.2, 0) is 13.1 Å². The van der Waals surface area contributed by atoms with Gasteiger partial charge >= 0.3 is 0 Å². The molecule has 0 saturated heterocycles. The SMILES string of the molecule is COc1ccc(CN2Cc3nc(-c4ccc(F)nc4)oc3C2=O)c(OC)c1. The maximum Gasteiger partial charge on any atom is 0.292 e. The average molecular weight is 369 g/mol. The average Bonchev–Trinajstić information content (AvgIpc) is 3.22. The van der Waals surface area contributed by atoms with Gasteiger partial charge in [0.2, 0.25) is 17.6 Å². The number of carbonyl (C=O) groups excluding carboxylic acids is 1. The van der Waals surface area contributed by atoms with Gasteiger partial charge in [0.05, 0.1) is 32.9 Å². The number of rotatable bonds is 5. The molecule has 0 saturated carbocycles. The van der Waals surface area contributed by atoms with Crippen LogP contribution in [0.3, 0.4) is 0 Å². The minimum absolute atomic E-state index is 0.196. The summed E-state index contributed by atoms with van der Waals surface area (Å²) in [5, 5.41) is 0. The van der Waals surface area contributed by atoms with E-state index in [4.69, 9.17) is 13.9 Å². The molecule has 138 valence electrons. The van der Waals surface area contributed by atoms with Crippen LogP contribution >= 0.6 is 0 Å². The number of carbonyl (C=O) groups is 1. The first-order chi connectivity index (χ1) is 13.1. The van der Waals surface area contributed by atoms with Crippen molar-refractivity contribution in [2.24, 2.45) is 0 Å². The molecule has 0 spiro atoms. The molecular formula is C19H16FN3O4. The van der Waals surface area contributed by atoms with Crippen molar-refractivity contribution in [1.82, 2.24) is 14.9 Å². The Balaban J connectivity index is 1.55. The summed E-state index contributed by atoms with van der Waals surface area (Å²) in [4.78, 5) is 22.2. The summed E-state index contributed by atoms with van der Waals surface area (Å²) < 4.78 is 29.1. The molecule has 1 aromatic carbocycles. The topological polar surface area (TPSA) is 77.7 Å². The number of hydrogen-bond acceptors (Lipinski definition) is 6. The van der Waals surface area contributed by atoms with E-state index in [1.165, 1.54) is 18.3 Å². The van der Waals surface area contributed by atoms with Crippen LogP contribution in [0.4, 0.5) is 4.39 Å². The fourth-order valence-electron chi connectivity index (χ4n) is 2.96. The molecule has 1 amide bonds. The lowest BCUT2D eigenvalue weighted by atomic mass is 10.2. The summed E-state index contributed by atoms with van der Waals surface area (Å²) in [6, 6.07) is 8.16. The van der Waals surface area contributed by atoms with Gasteiger partial charge in [0.25, 0.3) is 5.91 Å². The predicted octanol–water partition coefficient (Wildman–Crippen LogP) is 3.05. The van der Waals surface area contributed by atoms with E-state index in [0.717, 1.165) is 5.56 Å². The zero-order valence-corrected chi connectivity index (χ0v) is 14.7. The highest BCUT2D eigenvalue weighted by Gasteiger charge is 2.34. The summed E-state index contributed by atoms with van der Waals surface area (Å²) in [5.74, 6) is 0.917. The third-order valence-electron chi connectivity index (χ3n) is 4.35. The standard InChI is InChI=1S/C19H16FN3O4/c1-25-13-5-3-12(15(7-13)26-2)9-23-10-14-17(19(23)24)27-18(22-14)11-4-6-16(20)21-8-11/h3-8H,9-10H2,1-2H3. The molecule has 27 heavy (non-hydrogen) atoms. The molecule has 3 aromatic rings. The van der Waals surface area contributed by atoms with E-state index < -0.39 is 5.95 Å². The number of amides is 1. The second-order valence-corrected chi connectivity index (χ2v) is 6.00. The Morgan fingerprint density at radius 2 is 2.07 bits per heavy atom. The molecule has 0 atom stereocenters. The summed E-state index contributed by atoms with van der Waals surface area (Å²) in [6.07, 6.45) is 1.32. The van der Waals surface area contributed by atoms with Crippen LogP contribution in [0.1, 0.15) is 21.8 Å². The lowest BCUT2D eigenvalue weighted by molar-refractivity contribution is 0.0738. The first-order valence-corrected chi connectivity index (χ1v) is 8.21. The number of nitrogens with zero attached hydrogens (tertiary/aromatic N) is 3. The smallest absolute Gasteiger partial charge is 0.292 e. The lowest BCUT2D eigenvalue weighted by Crippen LogP contribution is -2.23. The first kappa shape index (κ1) is 17.0. The van der Waals surface area contributed by atoms with E-state index in [1.54, 1.807) is 25.2 Å². The van der Waals surface area contributed by atoms with Crippen LogP contribution in [0.2, 0.25) is 0 Å². The lowest BCUT2D eigenvalue weighted by Gasteiger charge is -2.17. The monoisotopic (exact) mass is 369 g/mol. The molecular weight excluding hydrogens is 353 g/mol. The van der Waals surface area contributed by atoms with Gasteiger partial charge in [-0.05, 0) is 24.3 Å². The maximum absolute atomic E-state index is 13.0. The highest BCUT2D eigenvalue weighted by molar-refractivity contribution is 5.95. The zero-order valence-electron chi connectivity index (χ0n) is 14.7. The quantitative estimate of drug-likeness (QED) is 0.644. The van der Waals surface area contributed by atoms with E-state index in [-0.39, 0.29) is 17.6 Å². The Morgan fingerprint density at radius 1 is 1.22 bits per heavy atom. The molecule has 1 aliphatic rings. The fraction of sp³-hybridized carbons (Fsp3) is 0.211. The van der Waals surface area contributed by atoms with Crippen molar-refractivity contribution in [3.05, 3.63) is 59.5 Å². The number of fused-ring (bicyclic) bond motifs is 1. The van der Waals surface area contributed by atoms with Crippen molar-refractivity contribution in [2.45, 2.75) is 13.1 Å². The third kappa shape index (κ3) is 3.10. The highest BCUT2D eigenvalue weighted by atomic mass is 19.1. The van der Waals surface area contributed by atoms with Crippen LogP contribution in [0.25, 0.3) is 11.5 Å². The summed E-state index contributed by atoms with van der Waals surface area (Å²) in [7, 11) is 3.15. The van der Waals surface area contributed by atoms with E-state index in [2.05, 4.69) is 9.97 Å². The normalized spacial score (nSPS) is 13.0. The van der Waals surface area contributed by atoms with E-state index in [1.807, 2.05) is 12.1 Å². The van der Waals surface area contributed by atoms with E-state index >= 15 is 0 Å². The first-order valence-electron chi connectivity index (χ1n) is 8.21. The van der Waals surface area contributed by atoms with Crippen molar-refractivity contribution in [1.29, 1.82) is 0 Å². The second kappa shape index (κ2) is 6.71. The van der Waals surface area contributed by atoms with Gasteiger partial charge in [0.15, 0.2) is 0 Å². The van der Waals surface area contributed by atoms with Crippen molar-refractivity contribution in [2.75, 3.05) is 14.2 Å². The summed E-state index contributed by atoms with van der Waals surface area (Å²) in [5.41, 5.74) is 1.91. The van der Waals surface area contributed by atoms with Gasteiger partial charge in [-0.1, -0.05) is 0 Å². The number of aromatic nitrogens is 2. The minimum Gasteiger partial charge on any atom is -0.497 e. The van der Waals surface area contributed by atoms with Crippen LogP contribution in [-0.4, -0.2) is 35.0 Å². The van der Waals surface area contributed by atoms with Crippen LogP contribution in [0, 0.1) is 5.95 Å². The number of oxazole rings is 1. The summed E-state index contributed by atoms with van der Waals surface area (Å²) >= 11 is 0. The minimum atomic E-state index is -0.589. The Hall–Kier alpha value is -3.42. The van der Waals surface area contributed by atoms with E-state index in [9.17, 15) is 9.18 Å². The van der Waals surface area contributed by atoms with Crippen LogP contribution in [0.15, 0.2) is 40.9 Å². The molecule has 0 radical (unpaired) electrons. The number of benzene rings is 1. The number of ether oxygens (including phenoxy) is 2. The van der Waals surface area contributed by atoms with Crippen molar-refractivity contribution >= 4 is 5.91 Å². The predicted molar refractivity (Wildman–Crippen MR) is 92.8 cm³/mol. The molecule has 0 aliphatic carbocycles. The molecule has 1 aliphatic heterocycles. The third-order valence-corrected chi connectivity index (χ3v) is 4.35. The van der Waals surface area contributed by atoms with Gasteiger partial charge in [-0.3, -0.25) is 4.79 Å². The molecule has 3 heterocycles. The molecule has 4 rings (SSSR count). The molecule has 2 aromatic heterocycles. The number of methoxy groups -OCH3 is 2. The Kier molecular flexibility index (Phi) is 4.23. The van der Waals surface area contributed by atoms with Gasteiger partial charge < -0.3 is 18.8 Å². The highest BCUT2D eigenvalue weighted by Crippen LogP contribution is 2.31. The Bertz CT molecular complexity index is 1000. The van der Waals surface area contributed by atoms with Crippen molar-refractivity contribution < 1.29 is 23.1 Å². The van der Waals surface area contributed by atoms with Gasteiger partial charge in [0, 0.05) is 17.8 Å². The van der Waals surface area contributed by atoms with Crippen LogP contribution in [0.5, 0.6) is 11.5 Å². The molecule has 0 N–H and O–H groups in total. The Morgan fingerprint density at radius 3 is 2.74 bits per heavy atom. The molecule has 7 nitrogen and oxygen atoms in total. The number of halogens is 1. The van der Waals surface area contributed by atoms with E-state index in [0.29, 0.717) is 35.8 Å². The van der Waals surface area contributed by atoms with Gasteiger partial charge in [-0.25, -0.2) is 9.97 Å². The molecule has 0 unspecified atom stereocenters. The van der Waals surface area contributed by atoms with Gasteiger partial charge in [0.1, 0.15) is 17.2 Å². The molecule has 0 fully saturated rings. The molecule has 0 bridgehead atoms. The van der Waals surface area contributed by atoms with Crippen LogP contribution < -0.4 is 9.47 Å².